The molecular formula is C30H63O2PS2. The Hall–Kier alpha value is 0.920. The number of hydrogen-bond donors (Lipinski definition) is 1. The van der Waals surface area contributed by atoms with Crippen LogP contribution in [0, 0.1) is 0 Å². The van der Waals surface area contributed by atoms with Crippen LogP contribution < -0.4 is 0 Å². The average molecular weight is 551 g/mol. The molecule has 5 heteroatoms. The molecule has 2 nitrogen and oxygen atoms in total. The molecule has 0 radical (unpaired) electrons. The van der Waals surface area contributed by atoms with Gasteiger partial charge in [-0.3, -0.25) is 0 Å². The molecule has 0 unspecified atom stereocenters. The fourth-order valence-corrected chi connectivity index (χ4v) is 6.37. The first-order valence-corrected chi connectivity index (χ1v) is 19.5. The van der Waals surface area contributed by atoms with Crippen molar-refractivity contribution in [2.45, 2.75) is 181 Å². The Morgan fingerprint density at radius 2 is 0.600 bits per heavy atom. The molecule has 0 atom stereocenters. The average Bonchev–Trinajstić information content (AvgIpc) is 2.84. The van der Waals surface area contributed by atoms with Gasteiger partial charge < -0.3 is 9.05 Å². The molecule has 0 aliphatic rings. The number of rotatable bonds is 30. The number of hydrogen-bond acceptors (Lipinski definition) is 3. The van der Waals surface area contributed by atoms with Crippen LogP contribution >= 0.6 is 17.9 Å². The van der Waals surface area contributed by atoms with E-state index in [9.17, 15) is 0 Å². The summed E-state index contributed by atoms with van der Waals surface area (Å²) in [7, 11) is 0. The maximum absolute atomic E-state index is 5.81. The van der Waals surface area contributed by atoms with Crippen LogP contribution in [0.2, 0.25) is 0 Å². The van der Waals surface area contributed by atoms with E-state index in [4.69, 9.17) is 20.9 Å². The van der Waals surface area contributed by atoms with Crippen molar-refractivity contribution in [1.29, 1.82) is 0 Å². The van der Waals surface area contributed by atoms with E-state index in [0.29, 0.717) is 13.2 Å². The van der Waals surface area contributed by atoms with Gasteiger partial charge in [-0.1, -0.05) is 180 Å². The van der Waals surface area contributed by atoms with E-state index in [1.165, 1.54) is 154 Å². The maximum Gasteiger partial charge on any atom is 0.244 e. The van der Waals surface area contributed by atoms with Gasteiger partial charge in [-0.25, -0.2) is 0 Å². The third-order valence-electron chi connectivity index (χ3n) is 7.00. The minimum Gasteiger partial charge on any atom is -0.322 e. The Kier molecular flexibility index (Phi) is 30.3. The zero-order valence-electron chi connectivity index (χ0n) is 23.9. The first-order chi connectivity index (χ1) is 17.1. The lowest BCUT2D eigenvalue weighted by Gasteiger charge is -2.16. The largest absolute Gasteiger partial charge is 0.322 e. The Labute approximate surface area is 232 Å². The van der Waals surface area contributed by atoms with E-state index < -0.39 is 5.69 Å². The summed E-state index contributed by atoms with van der Waals surface area (Å²) in [6.07, 6.45) is 35.5. The molecule has 0 saturated carbocycles. The Bertz CT molecular complexity index is 412. The van der Waals surface area contributed by atoms with Crippen LogP contribution in [0.15, 0.2) is 0 Å². The first-order valence-electron chi connectivity index (χ1n) is 15.7. The molecule has 0 saturated heterocycles. The minimum atomic E-state index is -2.33. The van der Waals surface area contributed by atoms with E-state index in [0.717, 1.165) is 12.8 Å². The third kappa shape index (κ3) is 31.0. The molecule has 0 bridgehead atoms. The lowest BCUT2D eigenvalue weighted by Crippen LogP contribution is -1.96. The topological polar surface area (TPSA) is 18.5 Å². The summed E-state index contributed by atoms with van der Waals surface area (Å²) in [6.45, 7) is 5.98. The summed E-state index contributed by atoms with van der Waals surface area (Å²) < 4.78 is 11.6. The zero-order valence-corrected chi connectivity index (χ0v) is 26.5. The van der Waals surface area contributed by atoms with Crippen molar-refractivity contribution in [2.24, 2.45) is 0 Å². The third-order valence-corrected chi connectivity index (χ3v) is 9.35. The van der Waals surface area contributed by atoms with Crippen molar-refractivity contribution >= 4 is 29.7 Å². The molecule has 0 aromatic carbocycles. The van der Waals surface area contributed by atoms with Gasteiger partial charge in [0, 0.05) is 0 Å². The minimum absolute atomic E-state index is 0.705. The number of unbranched alkanes of at least 4 members (excludes halogenated alkanes) is 24. The Balaban J connectivity index is 3.28. The lowest BCUT2D eigenvalue weighted by molar-refractivity contribution is 0.250. The molecule has 0 N–H and O–H groups in total. The van der Waals surface area contributed by atoms with E-state index in [1.54, 1.807) is 0 Å². The second kappa shape index (κ2) is 29.5. The molecule has 0 aliphatic heterocycles. The van der Waals surface area contributed by atoms with E-state index in [2.05, 4.69) is 26.1 Å². The predicted molar refractivity (Wildman–Crippen MR) is 167 cm³/mol. The molecule has 212 valence electrons. The second-order valence-corrected chi connectivity index (χ2v) is 15.9. The summed E-state index contributed by atoms with van der Waals surface area (Å²) in [5.41, 5.74) is -2.33. The zero-order chi connectivity index (χ0) is 25.7. The van der Waals surface area contributed by atoms with Gasteiger partial charge in [0.1, 0.15) is 0 Å². The standard InChI is InChI=1S/C30H63O2PS2/c1-3-5-7-9-11-13-15-17-19-21-23-25-27-29-31-33(34,35)32-30-28-26-24-22-20-18-16-14-12-10-8-6-4-2/h3-30H2,1-2H3,(H,34,35). The summed E-state index contributed by atoms with van der Waals surface area (Å²) in [6, 6.07) is 0. The molecular weight excluding hydrogens is 487 g/mol. The fourth-order valence-electron chi connectivity index (χ4n) is 4.64. The van der Waals surface area contributed by atoms with Crippen LogP contribution in [0.4, 0.5) is 0 Å². The van der Waals surface area contributed by atoms with Crippen LogP contribution in [0.1, 0.15) is 181 Å². The smallest absolute Gasteiger partial charge is 0.244 e. The maximum atomic E-state index is 5.81. The SMILES string of the molecule is CCCCCCCCCCCCCCCOP(=S)(S)OCCCCCCCCCCCCCCC. The summed E-state index contributed by atoms with van der Waals surface area (Å²) in [5.74, 6) is 0. The van der Waals surface area contributed by atoms with Crippen LogP contribution in [0.5, 0.6) is 0 Å². The van der Waals surface area contributed by atoms with Gasteiger partial charge in [-0.15, -0.1) is 0 Å². The quantitative estimate of drug-likeness (QED) is 0.0545. The van der Waals surface area contributed by atoms with E-state index >= 15 is 0 Å². The van der Waals surface area contributed by atoms with Crippen molar-refractivity contribution < 1.29 is 9.05 Å². The van der Waals surface area contributed by atoms with Gasteiger partial charge in [0.2, 0.25) is 5.69 Å². The van der Waals surface area contributed by atoms with Crippen molar-refractivity contribution in [3.63, 3.8) is 0 Å². The van der Waals surface area contributed by atoms with Crippen LogP contribution in [-0.4, -0.2) is 13.2 Å². The normalized spacial score (nSPS) is 12.0. The summed E-state index contributed by atoms with van der Waals surface area (Å²) in [5, 5.41) is 0. The van der Waals surface area contributed by atoms with Crippen LogP contribution in [0.25, 0.3) is 0 Å². The van der Waals surface area contributed by atoms with Gasteiger partial charge in [0.05, 0.1) is 13.2 Å². The van der Waals surface area contributed by atoms with Crippen molar-refractivity contribution in [2.75, 3.05) is 13.2 Å². The first kappa shape index (κ1) is 35.9. The molecule has 0 fully saturated rings. The monoisotopic (exact) mass is 550 g/mol. The van der Waals surface area contributed by atoms with Gasteiger partial charge in [0.15, 0.2) is 0 Å². The van der Waals surface area contributed by atoms with Gasteiger partial charge in [0.25, 0.3) is 0 Å². The fraction of sp³-hybridized carbons (Fsp3) is 1.00. The van der Waals surface area contributed by atoms with Crippen molar-refractivity contribution in [1.82, 2.24) is 0 Å². The van der Waals surface area contributed by atoms with Gasteiger partial charge in [-0.2, -0.15) is 0 Å². The summed E-state index contributed by atoms with van der Waals surface area (Å²) in [4.78, 5) is 0. The van der Waals surface area contributed by atoms with E-state index in [-0.39, 0.29) is 0 Å². The molecule has 0 aromatic rings. The lowest BCUT2D eigenvalue weighted by atomic mass is 10.0. The predicted octanol–water partition coefficient (Wildman–Crippen LogP) is 12.4. The molecule has 0 aliphatic carbocycles. The van der Waals surface area contributed by atoms with E-state index in [1.807, 2.05) is 0 Å². The molecule has 0 amide bonds. The van der Waals surface area contributed by atoms with Crippen LogP contribution in [0.3, 0.4) is 0 Å². The highest BCUT2D eigenvalue weighted by Crippen LogP contribution is 2.53. The van der Waals surface area contributed by atoms with Crippen molar-refractivity contribution in [3.8, 4) is 0 Å². The second-order valence-electron chi connectivity index (χ2n) is 10.6. The Morgan fingerprint density at radius 3 is 0.829 bits per heavy atom. The highest BCUT2D eigenvalue weighted by Gasteiger charge is 2.12. The highest BCUT2D eigenvalue weighted by atomic mass is 32.9. The highest BCUT2D eigenvalue weighted by molar-refractivity contribution is 8.60. The van der Waals surface area contributed by atoms with Gasteiger partial charge >= 0.3 is 0 Å². The van der Waals surface area contributed by atoms with Crippen molar-refractivity contribution in [3.05, 3.63) is 0 Å². The Morgan fingerprint density at radius 1 is 0.400 bits per heavy atom. The summed E-state index contributed by atoms with van der Waals surface area (Å²) >= 11 is 9.96. The molecule has 35 heavy (non-hydrogen) atoms. The molecule has 0 spiro atoms. The number of thiol groups is 1. The molecule has 0 aromatic heterocycles. The van der Waals surface area contributed by atoms with Gasteiger partial charge in [-0.05, 0) is 24.6 Å². The van der Waals surface area contributed by atoms with Crippen LogP contribution in [-0.2, 0) is 20.9 Å². The molecule has 0 rings (SSSR count). The molecule has 0 heterocycles.